The molecular weight excluding hydrogens is 440 g/mol. The highest BCUT2D eigenvalue weighted by Crippen LogP contribution is 2.15. The van der Waals surface area contributed by atoms with Crippen molar-refractivity contribution in [2.45, 2.75) is 20.0 Å². The van der Waals surface area contributed by atoms with Crippen LogP contribution in [0.1, 0.15) is 43.2 Å². The minimum absolute atomic E-state index is 0.233. The number of benzene rings is 2. The molecule has 8 nitrogen and oxygen atoms in total. The predicted octanol–water partition coefficient (Wildman–Crippen LogP) is 3.23. The number of nitrogens with zero attached hydrogens (tertiary/aromatic N) is 3. The van der Waals surface area contributed by atoms with Crippen LogP contribution in [0.2, 0.25) is 0 Å². The highest BCUT2D eigenvalue weighted by molar-refractivity contribution is 7.80. The van der Waals surface area contributed by atoms with Gasteiger partial charge in [-0.3, -0.25) is 4.79 Å². The fourth-order valence-corrected chi connectivity index (χ4v) is 3.44. The number of aryl methyl sites for hydroxylation is 1. The molecule has 0 saturated carbocycles. The Morgan fingerprint density at radius 2 is 1.85 bits per heavy atom. The molecule has 170 valence electrons. The number of carbonyl (C=O) groups is 2. The van der Waals surface area contributed by atoms with Crippen molar-refractivity contribution in [2.75, 3.05) is 14.2 Å². The van der Waals surface area contributed by atoms with Crippen LogP contribution in [0.25, 0.3) is 0 Å². The van der Waals surface area contributed by atoms with E-state index in [0.29, 0.717) is 29.3 Å². The smallest absolute Gasteiger partial charge is 0.335 e. The molecule has 0 aliphatic heterocycles. The molecule has 0 spiro atoms. The van der Waals surface area contributed by atoms with Gasteiger partial charge in [-0.15, -0.1) is 0 Å². The van der Waals surface area contributed by atoms with Crippen LogP contribution in [0, 0.1) is 6.92 Å². The second-order valence-electron chi connectivity index (χ2n) is 7.44. The molecule has 0 unspecified atom stereocenters. The molecule has 9 heteroatoms. The monoisotopic (exact) mass is 464 g/mol. The molecule has 0 aliphatic rings. The van der Waals surface area contributed by atoms with Gasteiger partial charge in [-0.2, -0.15) is 0 Å². The fourth-order valence-electron chi connectivity index (χ4n) is 3.26. The van der Waals surface area contributed by atoms with Gasteiger partial charge in [0.05, 0.1) is 12.7 Å². The molecule has 3 aromatic rings. The van der Waals surface area contributed by atoms with Gasteiger partial charge in [0.15, 0.2) is 0 Å². The van der Waals surface area contributed by atoms with Crippen molar-refractivity contribution in [3.63, 3.8) is 0 Å². The van der Waals surface area contributed by atoms with Gasteiger partial charge >= 0.3 is 5.97 Å². The maximum absolute atomic E-state index is 12.9. The number of carbonyl (C=O) groups excluding carboxylic acids is 1. The summed E-state index contributed by atoms with van der Waals surface area (Å²) in [5.74, 6) is -0.497. The molecule has 1 amide bonds. The number of thiocarbonyl (C=S) groups is 1. The molecule has 0 radical (unpaired) electrons. The van der Waals surface area contributed by atoms with Crippen LogP contribution < -0.4 is 10.1 Å². The number of hydrogen-bond donors (Lipinski definition) is 2. The lowest BCUT2D eigenvalue weighted by molar-refractivity contribution is 0.0695. The number of methoxy groups -OCH3 is 1. The van der Waals surface area contributed by atoms with E-state index in [-0.39, 0.29) is 17.2 Å². The molecule has 3 rings (SSSR count). The highest BCUT2D eigenvalue weighted by atomic mass is 32.1. The van der Waals surface area contributed by atoms with Crippen LogP contribution >= 0.6 is 12.2 Å². The van der Waals surface area contributed by atoms with E-state index < -0.39 is 5.97 Å². The molecule has 33 heavy (non-hydrogen) atoms. The summed E-state index contributed by atoms with van der Waals surface area (Å²) in [4.78, 5) is 34.2. The number of ether oxygens (including phenoxy) is 1. The number of aromatic nitrogens is 2. The van der Waals surface area contributed by atoms with Gasteiger partial charge in [-0.05, 0) is 47.9 Å². The quantitative estimate of drug-likeness (QED) is 0.490. The van der Waals surface area contributed by atoms with Crippen molar-refractivity contribution in [1.29, 1.82) is 0 Å². The zero-order chi connectivity index (χ0) is 24.0. The van der Waals surface area contributed by atoms with Crippen LogP contribution in [0.5, 0.6) is 5.75 Å². The SMILES string of the molecule is COc1cccc(CN(C)C(=O)c2cc(C(=S)NCc3ccc(C(=O)O)c(C)c3)ncn2)c1. The Morgan fingerprint density at radius 3 is 2.55 bits per heavy atom. The lowest BCUT2D eigenvalue weighted by Crippen LogP contribution is -2.28. The number of hydrogen-bond acceptors (Lipinski definition) is 6. The second-order valence-corrected chi connectivity index (χ2v) is 7.85. The Balaban J connectivity index is 1.65. The van der Waals surface area contributed by atoms with Crippen LogP contribution in [0.15, 0.2) is 54.9 Å². The van der Waals surface area contributed by atoms with Crippen molar-refractivity contribution in [2.24, 2.45) is 0 Å². The number of carboxylic acids is 1. The first kappa shape index (κ1) is 23.8. The fraction of sp³-hybridized carbons (Fsp3) is 0.208. The van der Waals surface area contributed by atoms with E-state index in [1.807, 2.05) is 24.3 Å². The first-order valence-corrected chi connectivity index (χ1v) is 10.5. The molecule has 0 saturated heterocycles. The van der Waals surface area contributed by atoms with E-state index in [4.69, 9.17) is 22.1 Å². The molecule has 1 aromatic heterocycles. The molecular formula is C24H24N4O4S. The molecule has 2 N–H and O–H groups in total. The lowest BCUT2D eigenvalue weighted by Gasteiger charge is -2.17. The van der Waals surface area contributed by atoms with Gasteiger partial charge < -0.3 is 20.1 Å². The average molecular weight is 465 g/mol. The predicted molar refractivity (Wildman–Crippen MR) is 128 cm³/mol. The van der Waals surface area contributed by atoms with Gasteiger partial charge in [0, 0.05) is 20.1 Å². The van der Waals surface area contributed by atoms with E-state index in [0.717, 1.165) is 16.9 Å². The summed E-state index contributed by atoms with van der Waals surface area (Å²) in [5.41, 5.74) is 3.40. The van der Waals surface area contributed by atoms with Crippen LogP contribution in [0.3, 0.4) is 0 Å². The van der Waals surface area contributed by atoms with E-state index in [2.05, 4.69) is 15.3 Å². The van der Waals surface area contributed by atoms with Gasteiger partial charge in [-0.1, -0.05) is 36.5 Å². The van der Waals surface area contributed by atoms with Gasteiger partial charge in [0.25, 0.3) is 5.91 Å². The standard InChI is InChI=1S/C24H24N4O4S/c1-15-9-16(7-8-19(15)24(30)31)12-25-22(33)20-11-21(27-14-26-20)23(29)28(2)13-17-5-4-6-18(10-17)32-3/h4-11,14H,12-13H2,1-3H3,(H,25,33)(H,30,31). The maximum Gasteiger partial charge on any atom is 0.335 e. The summed E-state index contributed by atoms with van der Waals surface area (Å²) in [6, 6.07) is 14.2. The van der Waals surface area contributed by atoms with Crippen molar-refractivity contribution in [3.8, 4) is 5.75 Å². The largest absolute Gasteiger partial charge is 0.497 e. The van der Waals surface area contributed by atoms with E-state index in [1.54, 1.807) is 50.2 Å². The third-order valence-electron chi connectivity index (χ3n) is 4.99. The number of amides is 1. The molecule has 0 aliphatic carbocycles. The van der Waals surface area contributed by atoms with Crippen LogP contribution in [-0.2, 0) is 13.1 Å². The number of aromatic carboxylic acids is 1. The summed E-state index contributed by atoms with van der Waals surface area (Å²) in [6.45, 7) is 2.53. The van der Waals surface area contributed by atoms with Crippen molar-refractivity contribution in [1.82, 2.24) is 20.2 Å². The minimum Gasteiger partial charge on any atom is -0.497 e. The summed E-state index contributed by atoms with van der Waals surface area (Å²) in [7, 11) is 3.29. The summed E-state index contributed by atoms with van der Waals surface area (Å²) in [6.07, 6.45) is 1.31. The Morgan fingerprint density at radius 1 is 1.09 bits per heavy atom. The average Bonchev–Trinajstić information content (AvgIpc) is 2.82. The first-order valence-electron chi connectivity index (χ1n) is 10.1. The highest BCUT2D eigenvalue weighted by Gasteiger charge is 2.16. The molecule has 0 fully saturated rings. The maximum atomic E-state index is 12.9. The van der Waals surface area contributed by atoms with Crippen molar-refractivity contribution < 1.29 is 19.4 Å². The van der Waals surface area contributed by atoms with Crippen molar-refractivity contribution in [3.05, 3.63) is 88.5 Å². The van der Waals surface area contributed by atoms with E-state index in [9.17, 15) is 9.59 Å². The number of rotatable bonds is 8. The van der Waals surface area contributed by atoms with E-state index >= 15 is 0 Å². The lowest BCUT2D eigenvalue weighted by atomic mass is 10.1. The Labute approximate surface area is 197 Å². The van der Waals surface area contributed by atoms with Gasteiger partial charge in [0.1, 0.15) is 28.5 Å². The van der Waals surface area contributed by atoms with E-state index in [1.165, 1.54) is 6.33 Å². The molecule has 2 aromatic carbocycles. The Bertz CT molecular complexity index is 1200. The Kier molecular flexibility index (Phi) is 7.68. The third kappa shape index (κ3) is 6.11. The van der Waals surface area contributed by atoms with Crippen molar-refractivity contribution >= 4 is 29.1 Å². The molecule has 0 bridgehead atoms. The minimum atomic E-state index is -0.961. The zero-order valence-electron chi connectivity index (χ0n) is 18.5. The van der Waals surface area contributed by atoms with Crippen LogP contribution in [-0.4, -0.2) is 51.0 Å². The summed E-state index contributed by atoms with van der Waals surface area (Å²) >= 11 is 5.43. The molecule has 1 heterocycles. The summed E-state index contributed by atoms with van der Waals surface area (Å²) < 4.78 is 5.23. The zero-order valence-corrected chi connectivity index (χ0v) is 19.3. The number of nitrogens with one attached hydrogen (secondary N) is 1. The third-order valence-corrected chi connectivity index (χ3v) is 5.35. The topological polar surface area (TPSA) is 105 Å². The van der Waals surface area contributed by atoms with Gasteiger partial charge in [-0.25, -0.2) is 14.8 Å². The molecule has 0 atom stereocenters. The summed E-state index contributed by atoms with van der Waals surface area (Å²) in [5, 5.41) is 12.2. The normalized spacial score (nSPS) is 10.4. The Hall–Kier alpha value is -3.85. The van der Waals surface area contributed by atoms with Crippen LogP contribution in [0.4, 0.5) is 0 Å². The van der Waals surface area contributed by atoms with Gasteiger partial charge in [0.2, 0.25) is 0 Å². The first-order chi connectivity index (χ1) is 15.8. The second kappa shape index (κ2) is 10.6. The number of carboxylic acid groups (broad SMARTS) is 1.